The Morgan fingerprint density at radius 1 is 1.25 bits per heavy atom. The van der Waals surface area contributed by atoms with Gasteiger partial charge in [-0.15, -0.1) is 0 Å². The van der Waals surface area contributed by atoms with Crippen LogP contribution in [0, 0.1) is 6.92 Å². The first-order valence-corrected chi connectivity index (χ1v) is 11.1. The van der Waals surface area contributed by atoms with Gasteiger partial charge >= 0.3 is 12.1 Å². The largest absolute Gasteiger partial charge is 0.464 e. The third kappa shape index (κ3) is 7.11. The monoisotopic (exact) mass is 501 g/mol. The van der Waals surface area contributed by atoms with E-state index in [0.29, 0.717) is 28.7 Å². The van der Waals surface area contributed by atoms with Gasteiger partial charge in [0.25, 0.3) is 0 Å². The average Bonchev–Trinajstić information content (AvgIpc) is 2.71. The van der Waals surface area contributed by atoms with Crippen molar-refractivity contribution in [2.24, 2.45) is 0 Å². The molecular formula is C20H25Cl2N5O4S. The number of aromatic nitrogens is 3. The van der Waals surface area contributed by atoms with Crippen molar-refractivity contribution in [3.63, 3.8) is 0 Å². The summed E-state index contributed by atoms with van der Waals surface area (Å²) >= 11 is 13.4. The lowest BCUT2D eigenvalue weighted by Crippen LogP contribution is -2.36. The molecule has 0 bridgehead atoms. The van der Waals surface area contributed by atoms with Crippen LogP contribution in [0.4, 0.5) is 10.6 Å². The maximum atomic E-state index is 12.3. The highest BCUT2D eigenvalue weighted by molar-refractivity contribution is 7.99. The number of pyridine rings is 1. The van der Waals surface area contributed by atoms with E-state index < -0.39 is 17.7 Å². The fraction of sp³-hybridized carbons (Fsp3) is 0.450. The zero-order valence-electron chi connectivity index (χ0n) is 18.7. The van der Waals surface area contributed by atoms with E-state index in [1.165, 1.54) is 30.0 Å². The number of nitrogens with zero attached hydrogens (tertiary/aromatic N) is 4. The van der Waals surface area contributed by atoms with E-state index in [1.54, 1.807) is 40.8 Å². The Labute approximate surface area is 201 Å². The Bertz CT molecular complexity index is 1000. The molecule has 2 aromatic heterocycles. The summed E-state index contributed by atoms with van der Waals surface area (Å²) in [4.78, 5) is 39.3. The van der Waals surface area contributed by atoms with Crippen LogP contribution in [-0.4, -0.2) is 64.8 Å². The van der Waals surface area contributed by atoms with Gasteiger partial charge < -0.3 is 19.7 Å². The number of methoxy groups -OCH3 is 1. The topological polar surface area (TPSA) is 107 Å². The molecule has 2 heterocycles. The third-order valence-electron chi connectivity index (χ3n) is 3.87. The van der Waals surface area contributed by atoms with Gasteiger partial charge in [0.05, 0.1) is 17.8 Å². The number of hydrogen-bond acceptors (Lipinski definition) is 9. The summed E-state index contributed by atoms with van der Waals surface area (Å²) in [6, 6.07) is 1.69. The number of halogens is 2. The number of hydrogen-bond donors (Lipinski definition) is 1. The molecule has 12 heteroatoms. The molecule has 0 spiro atoms. The molecule has 0 radical (unpaired) electrons. The number of nitrogens with one attached hydrogen (secondary N) is 1. The smallest absolute Gasteiger partial charge is 0.410 e. The lowest BCUT2D eigenvalue weighted by atomic mass is 10.2. The third-order valence-corrected chi connectivity index (χ3v) is 5.89. The summed E-state index contributed by atoms with van der Waals surface area (Å²) in [6.07, 6.45) is 1.08. The summed E-state index contributed by atoms with van der Waals surface area (Å²) in [5.74, 6) is -0.406. The van der Waals surface area contributed by atoms with Crippen molar-refractivity contribution in [3.05, 3.63) is 33.8 Å². The van der Waals surface area contributed by atoms with Crippen LogP contribution in [0.1, 0.15) is 37.0 Å². The first-order valence-electron chi connectivity index (χ1n) is 9.55. The highest BCUT2D eigenvalue weighted by Gasteiger charge is 2.22. The van der Waals surface area contributed by atoms with E-state index in [0.717, 1.165) is 0 Å². The van der Waals surface area contributed by atoms with Crippen LogP contribution in [0.5, 0.6) is 0 Å². The molecule has 0 saturated carbocycles. The SMILES string of the molecule is COC(=O)c1nc(Sc2ccnc(Cl)c2Cl)c(C)nc1NCCN(C)C(=O)OC(C)(C)C. The van der Waals surface area contributed by atoms with E-state index in [1.807, 2.05) is 0 Å². The fourth-order valence-electron chi connectivity index (χ4n) is 2.32. The molecule has 0 fully saturated rings. The molecule has 32 heavy (non-hydrogen) atoms. The summed E-state index contributed by atoms with van der Waals surface area (Å²) < 4.78 is 10.2. The zero-order chi connectivity index (χ0) is 24.1. The van der Waals surface area contributed by atoms with Crippen LogP contribution >= 0.6 is 35.0 Å². The molecule has 2 aromatic rings. The molecule has 0 aliphatic carbocycles. The number of esters is 1. The Morgan fingerprint density at radius 3 is 2.56 bits per heavy atom. The van der Waals surface area contributed by atoms with Gasteiger partial charge in [-0.2, -0.15) is 0 Å². The molecule has 9 nitrogen and oxygen atoms in total. The molecule has 0 aliphatic rings. The van der Waals surface area contributed by atoms with E-state index >= 15 is 0 Å². The highest BCUT2D eigenvalue weighted by Crippen LogP contribution is 2.36. The van der Waals surface area contributed by atoms with Crippen molar-refractivity contribution in [3.8, 4) is 0 Å². The van der Waals surface area contributed by atoms with Crippen LogP contribution in [0.3, 0.4) is 0 Å². The second-order valence-corrected chi connectivity index (χ2v) is 9.41. The number of ether oxygens (including phenoxy) is 2. The molecule has 0 aromatic carbocycles. The number of likely N-dealkylation sites (N-methyl/N-ethyl adjacent to an activating group) is 1. The summed E-state index contributed by atoms with van der Waals surface area (Å²) in [5.41, 5.74) is -0.0130. The number of carbonyl (C=O) groups excluding carboxylic acids is 2. The first-order chi connectivity index (χ1) is 14.9. The Kier molecular flexibility index (Phi) is 8.94. The maximum Gasteiger partial charge on any atom is 0.410 e. The van der Waals surface area contributed by atoms with Crippen LogP contribution in [0.25, 0.3) is 0 Å². The van der Waals surface area contributed by atoms with E-state index in [2.05, 4.69) is 20.3 Å². The van der Waals surface area contributed by atoms with Gasteiger partial charge in [0.2, 0.25) is 0 Å². The minimum atomic E-state index is -0.652. The summed E-state index contributed by atoms with van der Waals surface area (Å²) in [7, 11) is 2.88. The van der Waals surface area contributed by atoms with Crippen LogP contribution in [0.15, 0.2) is 22.2 Å². The van der Waals surface area contributed by atoms with Gasteiger partial charge in [0, 0.05) is 31.2 Å². The molecule has 0 unspecified atom stereocenters. The number of carbonyl (C=O) groups is 2. The maximum absolute atomic E-state index is 12.3. The van der Waals surface area contributed by atoms with Gasteiger partial charge in [0.1, 0.15) is 15.8 Å². The fourth-order valence-corrected chi connectivity index (χ4v) is 3.62. The number of anilines is 1. The molecule has 0 aliphatic heterocycles. The average molecular weight is 502 g/mol. The summed E-state index contributed by atoms with van der Waals surface area (Å²) in [6.45, 7) is 7.77. The molecular weight excluding hydrogens is 477 g/mol. The van der Waals surface area contributed by atoms with Crippen molar-refractivity contribution < 1.29 is 19.1 Å². The second-order valence-electron chi connectivity index (χ2n) is 7.65. The van der Waals surface area contributed by atoms with Crippen LogP contribution in [0.2, 0.25) is 10.2 Å². The number of rotatable bonds is 7. The zero-order valence-corrected chi connectivity index (χ0v) is 21.0. The Hall–Kier alpha value is -2.30. The van der Waals surface area contributed by atoms with Gasteiger partial charge in [-0.1, -0.05) is 35.0 Å². The predicted octanol–water partition coefficient (Wildman–Crippen LogP) is 4.70. The molecule has 1 amide bonds. The van der Waals surface area contributed by atoms with Crippen molar-refractivity contribution >= 4 is 52.8 Å². The highest BCUT2D eigenvalue weighted by atomic mass is 35.5. The van der Waals surface area contributed by atoms with Crippen molar-refractivity contribution in [2.45, 2.75) is 43.2 Å². The minimum Gasteiger partial charge on any atom is -0.464 e. The van der Waals surface area contributed by atoms with E-state index in [4.69, 9.17) is 32.7 Å². The molecule has 2 rings (SSSR count). The van der Waals surface area contributed by atoms with Crippen molar-refractivity contribution in [2.75, 3.05) is 32.6 Å². The minimum absolute atomic E-state index is 0.0109. The number of amides is 1. The first kappa shape index (κ1) is 26.0. The number of aryl methyl sites for hydroxylation is 1. The van der Waals surface area contributed by atoms with Crippen molar-refractivity contribution in [1.29, 1.82) is 0 Å². The second kappa shape index (κ2) is 11.0. The Balaban J connectivity index is 2.19. The lowest BCUT2D eigenvalue weighted by Gasteiger charge is -2.24. The van der Waals surface area contributed by atoms with E-state index in [-0.39, 0.29) is 21.7 Å². The van der Waals surface area contributed by atoms with Gasteiger partial charge in [0.15, 0.2) is 11.5 Å². The molecule has 174 valence electrons. The van der Waals surface area contributed by atoms with E-state index in [9.17, 15) is 9.59 Å². The van der Waals surface area contributed by atoms with Crippen LogP contribution < -0.4 is 5.32 Å². The Morgan fingerprint density at radius 2 is 1.94 bits per heavy atom. The van der Waals surface area contributed by atoms with Gasteiger partial charge in [-0.25, -0.2) is 24.5 Å². The lowest BCUT2D eigenvalue weighted by molar-refractivity contribution is 0.0305. The molecule has 1 N–H and O–H groups in total. The van der Waals surface area contributed by atoms with Gasteiger partial charge in [-0.05, 0) is 33.8 Å². The molecule has 0 saturated heterocycles. The summed E-state index contributed by atoms with van der Waals surface area (Å²) in [5, 5.41) is 3.96. The van der Waals surface area contributed by atoms with Crippen LogP contribution in [-0.2, 0) is 9.47 Å². The molecule has 0 atom stereocenters. The standard InChI is InChI=1S/C20H25Cl2N5O4S/c1-11-17(32-12-7-8-23-15(22)13(12)21)26-14(18(28)30-6)16(25-11)24-9-10-27(5)19(29)31-20(2,3)4/h7-8H,9-10H2,1-6H3,(H,24,25). The normalized spacial score (nSPS) is 11.1. The van der Waals surface area contributed by atoms with Gasteiger partial charge in [-0.3, -0.25) is 0 Å². The quantitative estimate of drug-likeness (QED) is 0.426. The predicted molar refractivity (Wildman–Crippen MR) is 124 cm³/mol. The van der Waals surface area contributed by atoms with Crippen molar-refractivity contribution in [1.82, 2.24) is 19.9 Å².